The number of halogens is 1. The van der Waals surface area contributed by atoms with Gasteiger partial charge < -0.3 is 10.4 Å². The highest BCUT2D eigenvalue weighted by Crippen LogP contribution is 2.04. The zero-order chi connectivity index (χ0) is 9.72. The Morgan fingerprint density at radius 3 is 2.33 bits per heavy atom. The van der Waals surface area contributed by atoms with Crippen LogP contribution >= 0.6 is 22.6 Å². The van der Waals surface area contributed by atoms with Crippen molar-refractivity contribution in [2.75, 3.05) is 0 Å². The van der Waals surface area contributed by atoms with Crippen LogP contribution in [0.25, 0.3) is 0 Å². The van der Waals surface area contributed by atoms with Crippen LogP contribution in [0.3, 0.4) is 0 Å². The molecule has 0 atom stereocenters. The zero-order valence-electron chi connectivity index (χ0n) is 6.80. The molecule has 0 unspecified atom stereocenters. The third-order valence-corrected chi connectivity index (χ3v) is 1.67. The van der Waals surface area contributed by atoms with Crippen LogP contribution in [0.4, 0.5) is 0 Å². The summed E-state index contributed by atoms with van der Waals surface area (Å²) in [6, 6.07) is 0.0201. The first kappa shape index (κ1) is 11.4. The van der Waals surface area contributed by atoms with E-state index >= 15 is 0 Å². The first-order chi connectivity index (χ1) is 5.43. The molecular formula is C7H10INO3. The molecule has 0 aromatic heterocycles. The summed E-state index contributed by atoms with van der Waals surface area (Å²) < 4.78 is 0.00532. The SMILES string of the molecule is CC(C)NC(=O)/C=C(/I)C(=O)O. The molecule has 0 heterocycles. The Morgan fingerprint density at radius 1 is 1.50 bits per heavy atom. The highest BCUT2D eigenvalue weighted by Gasteiger charge is 2.05. The molecule has 0 fully saturated rings. The Morgan fingerprint density at radius 2 is 2.00 bits per heavy atom. The zero-order valence-corrected chi connectivity index (χ0v) is 8.95. The van der Waals surface area contributed by atoms with Crippen LogP contribution in [0.15, 0.2) is 9.66 Å². The molecule has 0 spiro atoms. The van der Waals surface area contributed by atoms with Crippen molar-refractivity contribution >= 4 is 34.5 Å². The van der Waals surface area contributed by atoms with Crippen molar-refractivity contribution in [1.29, 1.82) is 0 Å². The Kier molecular flexibility index (Phi) is 4.87. The normalized spacial score (nSPS) is 11.5. The van der Waals surface area contributed by atoms with Crippen LogP contribution in [0, 0.1) is 0 Å². The van der Waals surface area contributed by atoms with Crippen LogP contribution < -0.4 is 5.32 Å². The van der Waals surface area contributed by atoms with Gasteiger partial charge in [-0.15, -0.1) is 0 Å². The fourth-order valence-electron chi connectivity index (χ4n) is 0.503. The quantitative estimate of drug-likeness (QED) is 0.597. The van der Waals surface area contributed by atoms with Crippen molar-refractivity contribution in [3.05, 3.63) is 9.66 Å². The van der Waals surface area contributed by atoms with Gasteiger partial charge in [0.2, 0.25) is 5.91 Å². The average Bonchev–Trinajstić information content (AvgIpc) is 1.84. The van der Waals surface area contributed by atoms with Crippen molar-refractivity contribution in [2.45, 2.75) is 19.9 Å². The number of nitrogens with one attached hydrogen (secondary N) is 1. The molecule has 0 aliphatic heterocycles. The fraction of sp³-hybridized carbons (Fsp3) is 0.429. The van der Waals surface area contributed by atoms with E-state index in [0.717, 1.165) is 6.08 Å². The maximum Gasteiger partial charge on any atom is 0.342 e. The van der Waals surface area contributed by atoms with E-state index in [1.807, 2.05) is 0 Å². The van der Waals surface area contributed by atoms with Gasteiger partial charge in [-0.05, 0) is 36.4 Å². The fourth-order valence-corrected chi connectivity index (χ4v) is 0.786. The van der Waals surface area contributed by atoms with Crippen LogP contribution in [0.1, 0.15) is 13.8 Å². The summed E-state index contributed by atoms with van der Waals surface area (Å²) in [4.78, 5) is 21.2. The van der Waals surface area contributed by atoms with Gasteiger partial charge in [0.15, 0.2) is 0 Å². The number of carboxylic acid groups (broad SMARTS) is 1. The molecule has 12 heavy (non-hydrogen) atoms. The monoisotopic (exact) mass is 283 g/mol. The highest BCUT2D eigenvalue weighted by atomic mass is 127. The lowest BCUT2D eigenvalue weighted by atomic mass is 10.4. The summed E-state index contributed by atoms with van der Waals surface area (Å²) >= 11 is 1.59. The minimum absolute atomic E-state index is 0.00532. The summed E-state index contributed by atoms with van der Waals surface area (Å²) in [6.07, 6.45) is 1.06. The number of carboxylic acids is 1. The van der Waals surface area contributed by atoms with E-state index < -0.39 is 5.97 Å². The lowest BCUT2D eigenvalue weighted by Crippen LogP contribution is -2.28. The van der Waals surface area contributed by atoms with Gasteiger partial charge in [-0.1, -0.05) is 0 Å². The van der Waals surface area contributed by atoms with E-state index in [1.165, 1.54) is 0 Å². The van der Waals surface area contributed by atoms with Gasteiger partial charge in [0.25, 0.3) is 0 Å². The molecule has 0 aromatic rings. The molecule has 68 valence electrons. The van der Waals surface area contributed by atoms with E-state index in [-0.39, 0.29) is 15.5 Å². The van der Waals surface area contributed by atoms with Gasteiger partial charge in [0.1, 0.15) is 3.58 Å². The number of carbonyl (C=O) groups is 2. The summed E-state index contributed by atoms with van der Waals surface area (Å²) in [6.45, 7) is 3.61. The summed E-state index contributed by atoms with van der Waals surface area (Å²) in [5.74, 6) is -1.47. The largest absolute Gasteiger partial charge is 0.477 e. The van der Waals surface area contributed by atoms with Crippen LogP contribution in [-0.2, 0) is 9.59 Å². The summed E-state index contributed by atoms with van der Waals surface area (Å²) in [5, 5.41) is 11.0. The molecule has 1 amide bonds. The molecule has 0 aliphatic rings. The number of rotatable bonds is 3. The number of amides is 1. The second kappa shape index (κ2) is 5.13. The standard InChI is InChI=1S/C7H10INO3/c1-4(2)9-6(10)3-5(8)7(11)12/h3-4H,1-2H3,(H,9,10)(H,11,12)/b5-3+. The topological polar surface area (TPSA) is 66.4 Å². The van der Waals surface area contributed by atoms with Crippen molar-refractivity contribution in [3.8, 4) is 0 Å². The minimum atomic E-state index is -1.09. The van der Waals surface area contributed by atoms with Crippen LogP contribution in [0.2, 0.25) is 0 Å². The van der Waals surface area contributed by atoms with Gasteiger partial charge in [-0.2, -0.15) is 0 Å². The second-order valence-electron chi connectivity index (χ2n) is 2.46. The Hall–Kier alpha value is -0.590. The average molecular weight is 283 g/mol. The molecule has 2 N–H and O–H groups in total. The van der Waals surface area contributed by atoms with Crippen molar-refractivity contribution < 1.29 is 14.7 Å². The molecule has 0 saturated heterocycles. The van der Waals surface area contributed by atoms with E-state index in [2.05, 4.69) is 5.32 Å². The van der Waals surface area contributed by atoms with Gasteiger partial charge in [-0.25, -0.2) is 4.79 Å². The van der Waals surface area contributed by atoms with E-state index in [1.54, 1.807) is 36.4 Å². The van der Waals surface area contributed by atoms with E-state index in [9.17, 15) is 9.59 Å². The molecular weight excluding hydrogens is 273 g/mol. The Balaban J connectivity index is 4.15. The Bertz CT molecular complexity index is 223. The highest BCUT2D eigenvalue weighted by molar-refractivity contribution is 14.1. The van der Waals surface area contributed by atoms with Crippen molar-refractivity contribution in [1.82, 2.24) is 5.32 Å². The molecule has 0 rings (SSSR count). The predicted molar refractivity (Wildman–Crippen MR) is 53.0 cm³/mol. The first-order valence-electron chi connectivity index (χ1n) is 3.34. The molecule has 0 bridgehead atoms. The molecule has 0 aromatic carbocycles. The smallest absolute Gasteiger partial charge is 0.342 e. The Labute approximate surface area is 84.2 Å². The van der Waals surface area contributed by atoms with E-state index in [0.29, 0.717) is 0 Å². The summed E-state index contributed by atoms with van der Waals surface area (Å²) in [5.41, 5.74) is 0. The lowest BCUT2D eigenvalue weighted by molar-refractivity contribution is -0.132. The second-order valence-corrected chi connectivity index (χ2v) is 3.62. The third-order valence-electron chi connectivity index (χ3n) is 0.893. The van der Waals surface area contributed by atoms with Crippen molar-refractivity contribution in [2.24, 2.45) is 0 Å². The number of hydrogen-bond donors (Lipinski definition) is 2. The number of hydrogen-bond acceptors (Lipinski definition) is 2. The molecule has 0 radical (unpaired) electrons. The van der Waals surface area contributed by atoms with Crippen LogP contribution in [0.5, 0.6) is 0 Å². The first-order valence-corrected chi connectivity index (χ1v) is 4.42. The minimum Gasteiger partial charge on any atom is -0.477 e. The molecule has 0 aliphatic carbocycles. The lowest BCUT2D eigenvalue weighted by Gasteiger charge is -2.04. The van der Waals surface area contributed by atoms with Gasteiger partial charge in [0.05, 0.1) is 0 Å². The molecule has 0 saturated carbocycles. The number of aliphatic carboxylic acids is 1. The molecule has 4 nitrogen and oxygen atoms in total. The van der Waals surface area contributed by atoms with Gasteiger partial charge in [0, 0.05) is 12.1 Å². The van der Waals surface area contributed by atoms with Crippen molar-refractivity contribution in [3.63, 3.8) is 0 Å². The predicted octanol–water partition coefficient (Wildman–Crippen LogP) is 0.914. The molecule has 5 heteroatoms. The van der Waals surface area contributed by atoms with Gasteiger partial charge >= 0.3 is 5.97 Å². The van der Waals surface area contributed by atoms with Gasteiger partial charge in [-0.3, -0.25) is 4.79 Å². The maximum absolute atomic E-state index is 10.9. The maximum atomic E-state index is 10.9. The van der Waals surface area contributed by atoms with Crippen LogP contribution in [-0.4, -0.2) is 23.0 Å². The third kappa shape index (κ3) is 5.11. The van der Waals surface area contributed by atoms with E-state index in [4.69, 9.17) is 5.11 Å². The summed E-state index contributed by atoms with van der Waals surface area (Å²) in [7, 11) is 0. The number of carbonyl (C=O) groups excluding carboxylic acids is 1.